The third kappa shape index (κ3) is 5.20. The molecule has 0 saturated heterocycles. The van der Waals surface area contributed by atoms with Crippen LogP contribution < -0.4 is 10.6 Å². The second-order valence-electron chi connectivity index (χ2n) is 6.26. The lowest BCUT2D eigenvalue weighted by atomic mass is 10.0. The number of Topliss-reactive ketones (excluding diaryl/α,β-unsaturated/α-hetero) is 1. The van der Waals surface area contributed by atoms with Crippen LogP contribution in [0.1, 0.15) is 54.6 Å². The molecule has 2 amide bonds. The zero-order valence-electron chi connectivity index (χ0n) is 13.8. The van der Waals surface area contributed by atoms with E-state index < -0.39 is 0 Å². The van der Waals surface area contributed by atoms with Gasteiger partial charge in [0.15, 0.2) is 5.78 Å². The molecule has 0 aliphatic heterocycles. The van der Waals surface area contributed by atoms with Crippen LogP contribution in [0.5, 0.6) is 0 Å². The molecule has 0 atom stereocenters. The van der Waals surface area contributed by atoms with Crippen molar-refractivity contribution in [1.29, 1.82) is 0 Å². The monoisotopic (exact) mass is 316 g/mol. The molecule has 0 fully saturated rings. The van der Waals surface area contributed by atoms with E-state index in [0.29, 0.717) is 5.56 Å². The second kappa shape index (κ2) is 7.90. The van der Waals surface area contributed by atoms with Gasteiger partial charge in [0, 0.05) is 24.4 Å². The zero-order chi connectivity index (χ0) is 16.8. The average Bonchev–Trinajstić information content (AvgIpc) is 2.97. The quantitative estimate of drug-likeness (QED) is 0.753. The molecule has 0 spiro atoms. The Morgan fingerprint density at radius 2 is 1.78 bits per heavy atom. The lowest BCUT2D eigenvalue weighted by Gasteiger charge is -2.09. The first kappa shape index (κ1) is 17.2. The van der Waals surface area contributed by atoms with Gasteiger partial charge in [0.1, 0.15) is 0 Å². The van der Waals surface area contributed by atoms with Crippen molar-refractivity contribution < 1.29 is 14.4 Å². The smallest absolute Gasteiger partial charge is 0.239 e. The fourth-order valence-electron chi connectivity index (χ4n) is 2.76. The van der Waals surface area contributed by atoms with Gasteiger partial charge in [-0.05, 0) is 50.3 Å². The Bertz CT molecular complexity index is 608. The van der Waals surface area contributed by atoms with E-state index in [9.17, 15) is 14.4 Å². The van der Waals surface area contributed by atoms with Gasteiger partial charge in [-0.1, -0.05) is 12.1 Å². The minimum atomic E-state index is -0.279. The average molecular weight is 316 g/mol. The van der Waals surface area contributed by atoms with E-state index in [0.717, 1.165) is 19.3 Å². The summed E-state index contributed by atoms with van der Waals surface area (Å²) in [5, 5.41) is 5.23. The number of ketones is 1. The minimum Gasteiger partial charge on any atom is -0.352 e. The molecular formula is C18H24N2O3. The van der Waals surface area contributed by atoms with Crippen LogP contribution in [0.25, 0.3) is 0 Å². The standard InChI is InChI=1S/C18H24N2O3/c1-12(2)20-18(23)11-19-17(22)9-8-16(21)15-7-6-13-4-3-5-14(13)10-15/h6-7,10,12H,3-5,8-9,11H2,1-2H3,(H,19,22)(H,20,23). The van der Waals surface area contributed by atoms with Gasteiger partial charge < -0.3 is 10.6 Å². The van der Waals surface area contributed by atoms with Crippen LogP contribution in [0.2, 0.25) is 0 Å². The summed E-state index contributed by atoms with van der Waals surface area (Å²) in [4.78, 5) is 35.3. The van der Waals surface area contributed by atoms with Gasteiger partial charge in [-0.25, -0.2) is 0 Å². The van der Waals surface area contributed by atoms with Crippen LogP contribution in [-0.4, -0.2) is 30.2 Å². The van der Waals surface area contributed by atoms with Gasteiger partial charge in [0.05, 0.1) is 6.54 Å². The van der Waals surface area contributed by atoms with Crippen molar-refractivity contribution in [2.75, 3.05) is 6.54 Å². The SMILES string of the molecule is CC(C)NC(=O)CNC(=O)CCC(=O)c1ccc2c(c1)CCC2. The van der Waals surface area contributed by atoms with E-state index in [1.54, 1.807) is 0 Å². The molecule has 1 aliphatic carbocycles. The number of amides is 2. The number of carbonyl (C=O) groups is 3. The third-order valence-corrected chi connectivity index (χ3v) is 3.90. The topological polar surface area (TPSA) is 75.3 Å². The Morgan fingerprint density at radius 1 is 1.04 bits per heavy atom. The molecule has 0 aromatic heterocycles. The normalized spacial score (nSPS) is 12.8. The molecule has 1 aromatic carbocycles. The number of benzene rings is 1. The summed E-state index contributed by atoms with van der Waals surface area (Å²) in [6.07, 6.45) is 3.53. The number of hydrogen-bond donors (Lipinski definition) is 2. The summed E-state index contributed by atoms with van der Waals surface area (Å²) in [6, 6.07) is 5.87. The van der Waals surface area contributed by atoms with E-state index in [-0.39, 0.29) is 43.0 Å². The highest BCUT2D eigenvalue weighted by Crippen LogP contribution is 2.23. The summed E-state index contributed by atoms with van der Waals surface area (Å²) >= 11 is 0. The maximum atomic E-state index is 12.2. The predicted molar refractivity (Wildman–Crippen MR) is 88.3 cm³/mol. The highest BCUT2D eigenvalue weighted by Gasteiger charge is 2.15. The van der Waals surface area contributed by atoms with Crippen LogP contribution >= 0.6 is 0 Å². The van der Waals surface area contributed by atoms with Crippen LogP contribution in [0.3, 0.4) is 0 Å². The first-order valence-electron chi connectivity index (χ1n) is 8.17. The summed E-state index contributed by atoms with van der Waals surface area (Å²) in [5.41, 5.74) is 3.26. The lowest BCUT2D eigenvalue weighted by molar-refractivity contribution is -0.126. The Kier molecular flexibility index (Phi) is 5.90. The minimum absolute atomic E-state index is 0.0264. The molecule has 5 heteroatoms. The van der Waals surface area contributed by atoms with Gasteiger partial charge in [-0.2, -0.15) is 0 Å². The van der Waals surface area contributed by atoms with Crippen molar-refractivity contribution >= 4 is 17.6 Å². The summed E-state index contributed by atoms with van der Waals surface area (Å²) in [7, 11) is 0. The molecule has 0 bridgehead atoms. The van der Waals surface area contributed by atoms with Gasteiger partial charge in [0.25, 0.3) is 0 Å². The Labute approximate surface area is 136 Å². The van der Waals surface area contributed by atoms with Crippen molar-refractivity contribution in [3.05, 3.63) is 34.9 Å². The molecule has 2 rings (SSSR count). The predicted octanol–water partition coefficient (Wildman–Crippen LogP) is 1.78. The first-order chi connectivity index (χ1) is 11.0. The highest BCUT2D eigenvalue weighted by molar-refractivity contribution is 5.98. The van der Waals surface area contributed by atoms with E-state index in [4.69, 9.17) is 0 Å². The third-order valence-electron chi connectivity index (χ3n) is 3.90. The molecule has 124 valence electrons. The zero-order valence-corrected chi connectivity index (χ0v) is 13.8. The molecule has 0 heterocycles. The fourth-order valence-corrected chi connectivity index (χ4v) is 2.76. The van der Waals surface area contributed by atoms with Crippen molar-refractivity contribution in [2.45, 2.75) is 52.0 Å². The molecular weight excluding hydrogens is 292 g/mol. The summed E-state index contributed by atoms with van der Waals surface area (Å²) in [5.74, 6) is -0.529. The van der Waals surface area contributed by atoms with Gasteiger partial charge in [-0.15, -0.1) is 0 Å². The van der Waals surface area contributed by atoms with Gasteiger partial charge >= 0.3 is 0 Å². The molecule has 1 aliphatic rings. The number of hydrogen-bond acceptors (Lipinski definition) is 3. The fraction of sp³-hybridized carbons (Fsp3) is 0.500. The van der Waals surface area contributed by atoms with Crippen LogP contribution in [0.4, 0.5) is 0 Å². The van der Waals surface area contributed by atoms with E-state index in [2.05, 4.69) is 10.6 Å². The van der Waals surface area contributed by atoms with E-state index >= 15 is 0 Å². The van der Waals surface area contributed by atoms with Crippen LogP contribution in [0, 0.1) is 0 Å². The van der Waals surface area contributed by atoms with Crippen molar-refractivity contribution in [1.82, 2.24) is 10.6 Å². The molecule has 2 N–H and O–H groups in total. The van der Waals surface area contributed by atoms with Gasteiger partial charge in [0.2, 0.25) is 11.8 Å². The second-order valence-corrected chi connectivity index (χ2v) is 6.26. The van der Waals surface area contributed by atoms with Crippen LogP contribution in [-0.2, 0) is 22.4 Å². The summed E-state index contributed by atoms with van der Waals surface area (Å²) < 4.78 is 0. The summed E-state index contributed by atoms with van der Waals surface area (Å²) in [6.45, 7) is 3.66. The number of fused-ring (bicyclic) bond motifs is 1. The van der Waals surface area contributed by atoms with Crippen molar-refractivity contribution in [3.63, 3.8) is 0 Å². The van der Waals surface area contributed by atoms with Crippen molar-refractivity contribution in [2.24, 2.45) is 0 Å². The van der Waals surface area contributed by atoms with Crippen molar-refractivity contribution in [3.8, 4) is 0 Å². The number of nitrogens with one attached hydrogen (secondary N) is 2. The highest BCUT2D eigenvalue weighted by atomic mass is 16.2. The number of aryl methyl sites for hydroxylation is 2. The van der Waals surface area contributed by atoms with Gasteiger partial charge in [-0.3, -0.25) is 14.4 Å². The number of carbonyl (C=O) groups excluding carboxylic acids is 3. The first-order valence-corrected chi connectivity index (χ1v) is 8.17. The maximum Gasteiger partial charge on any atom is 0.239 e. The Balaban J connectivity index is 1.76. The molecule has 1 aromatic rings. The largest absolute Gasteiger partial charge is 0.352 e. The number of rotatable bonds is 7. The lowest BCUT2D eigenvalue weighted by Crippen LogP contribution is -2.39. The molecule has 5 nitrogen and oxygen atoms in total. The van der Waals surface area contributed by atoms with E-state index in [1.165, 1.54) is 11.1 Å². The molecule has 0 saturated carbocycles. The van der Waals surface area contributed by atoms with E-state index in [1.807, 2.05) is 32.0 Å². The Hall–Kier alpha value is -2.17. The van der Waals surface area contributed by atoms with Crippen LogP contribution in [0.15, 0.2) is 18.2 Å². The molecule has 23 heavy (non-hydrogen) atoms. The Morgan fingerprint density at radius 3 is 2.52 bits per heavy atom. The maximum absolute atomic E-state index is 12.2. The molecule has 0 unspecified atom stereocenters. The molecule has 0 radical (unpaired) electrons.